The smallest absolute Gasteiger partial charge is 0.318 e. The molecule has 1 aromatic rings. The first-order valence-electron chi connectivity index (χ1n) is 6.59. The minimum Gasteiger partial charge on any atom is -0.483 e. The predicted molar refractivity (Wildman–Crippen MR) is 76.2 cm³/mol. The number of hydrogen-bond acceptors (Lipinski definition) is 4. The number of nitrogens with one attached hydrogen (secondary N) is 2. The molecule has 0 bridgehead atoms. The molecule has 0 spiro atoms. The predicted octanol–water partition coefficient (Wildman–Crippen LogP) is 1.14. The van der Waals surface area contributed by atoms with Gasteiger partial charge in [0.2, 0.25) is 0 Å². The molecular formula is C14H20FN3O3. The maximum Gasteiger partial charge on any atom is 0.318 e. The molecule has 0 radical (unpaired) electrons. The number of hydrogen-bond donors (Lipinski definition) is 3. The van der Waals surface area contributed by atoms with E-state index in [-0.39, 0.29) is 12.4 Å². The third kappa shape index (κ3) is 6.71. The van der Waals surface area contributed by atoms with Crippen LogP contribution in [0.3, 0.4) is 0 Å². The van der Waals surface area contributed by atoms with E-state index in [1.54, 1.807) is 0 Å². The van der Waals surface area contributed by atoms with Gasteiger partial charge in [-0.15, -0.1) is 0 Å². The second-order valence-corrected chi connectivity index (χ2v) is 4.98. The number of urea groups is 1. The van der Waals surface area contributed by atoms with E-state index in [1.807, 2.05) is 5.32 Å². The summed E-state index contributed by atoms with van der Waals surface area (Å²) >= 11 is 0. The maximum atomic E-state index is 13.3. The van der Waals surface area contributed by atoms with Crippen LogP contribution >= 0.6 is 0 Å². The lowest BCUT2D eigenvalue weighted by atomic mass is 10.1. The van der Waals surface area contributed by atoms with Crippen molar-refractivity contribution in [1.82, 2.24) is 10.6 Å². The van der Waals surface area contributed by atoms with Crippen LogP contribution in [0.25, 0.3) is 0 Å². The van der Waals surface area contributed by atoms with Gasteiger partial charge in [0.05, 0.1) is 0 Å². The number of ether oxygens (including phenoxy) is 1. The Balaban J connectivity index is 2.63. The molecule has 0 saturated heterocycles. The lowest BCUT2D eigenvalue weighted by Crippen LogP contribution is -2.38. The van der Waals surface area contributed by atoms with Crippen LogP contribution in [0.1, 0.15) is 19.4 Å². The van der Waals surface area contributed by atoms with Crippen LogP contribution < -0.4 is 21.1 Å². The third-order valence-corrected chi connectivity index (χ3v) is 2.51. The number of primary amides is 1. The van der Waals surface area contributed by atoms with Gasteiger partial charge in [0.1, 0.15) is 11.6 Å². The largest absolute Gasteiger partial charge is 0.483 e. The van der Waals surface area contributed by atoms with Crippen LogP contribution in [0.4, 0.5) is 9.18 Å². The van der Waals surface area contributed by atoms with E-state index in [9.17, 15) is 14.0 Å². The zero-order valence-corrected chi connectivity index (χ0v) is 12.1. The monoisotopic (exact) mass is 297 g/mol. The van der Waals surface area contributed by atoms with Gasteiger partial charge < -0.3 is 15.8 Å². The zero-order valence-electron chi connectivity index (χ0n) is 12.1. The second kappa shape index (κ2) is 8.21. The summed E-state index contributed by atoms with van der Waals surface area (Å²) in [6.45, 7) is 4.95. The van der Waals surface area contributed by atoms with E-state index in [0.29, 0.717) is 23.8 Å². The zero-order chi connectivity index (χ0) is 15.8. The van der Waals surface area contributed by atoms with Crippen molar-refractivity contribution in [1.29, 1.82) is 0 Å². The molecule has 6 nitrogen and oxygen atoms in total. The molecule has 4 N–H and O–H groups in total. The highest BCUT2D eigenvalue weighted by molar-refractivity contribution is 5.94. The van der Waals surface area contributed by atoms with E-state index in [4.69, 9.17) is 10.5 Å². The molecule has 0 aliphatic carbocycles. The fourth-order valence-corrected chi connectivity index (χ4v) is 1.64. The van der Waals surface area contributed by atoms with Gasteiger partial charge in [-0.05, 0) is 30.7 Å². The van der Waals surface area contributed by atoms with Crippen LogP contribution in [0.5, 0.6) is 5.75 Å². The quantitative estimate of drug-likeness (QED) is 0.703. The molecule has 0 aliphatic heterocycles. The van der Waals surface area contributed by atoms with Crippen molar-refractivity contribution < 1.29 is 18.7 Å². The summed E-state index contributed by atoms with van der Waals surface area (Å²) in [6.07, 6.45) is 0. The van der Waals surface area contributed by atoms with Crippen LogP contribution in [-0.4, -0.2) is 25.1 Å². The van der Waals surface area contributed by atoms with Crippen molar-refractivity contribution in [2.24, 2.45) is 11.7 Å². The summed E-state index contributed by atoms with van der Waals surface area (Å²) < 4.78 is 18.6. The Morgan fingerprint density at radius 1 is 1.38 bits per heavy atom. The van der Waals surface area contributed by atoms with Crippen LogP contribution in [0.2, 0.25) is 0 Å². The minimum absolute atomic E-state index is 0.369. The van der Waals surface area contributed by atoms with Crippen LogP contribution in [0, 0.1) is 11.7 Å². The highest BCUT2D eigenvalue weighted by atomic mass is 19.1. The molecule has 21 heavy (non-hydrogen) atoms. The lowest BCUT2D eigenvalue weighted by Gasteiger charge is -2.13. The Hall–Kier alpha value is -2.15. The average molecular weight is 297 g/mol. The van der Waals surface area contributed by atoms with Gasteiger partial charge in [-0.3, -0.25) is 10.1 Å². The standard InChI is InChI=1S/C14H20FN3O3/c1-9(2)6-17-7-10-5-11(15)3-4-12(10)21-8-13(19)18-14(16)20/h3-5,9,17H,6-8H2,1-2H3,(H3,16,18,19,20). The van der Waals surface area contributed by atoms with Gasteiger partial charge in [0, 0.05) is 12.1 Å². The summed E-state index contributed by atoms with van der Waals surface area (Å²) in [5, 5.41) is 5.05. The molecule has 0 aromatic heterocycles. The summed E-state index contributed by atoms with van der Waals surface area (Å²) in [5.41, 5.74) is 5.42. The topological polar surface area (TPSA) is 93.4 Å². The number of benzene rings is 1. The van der Waals surface area contributed by atoms with Gasteiger partial charge in [0.15, 0.2) is 6.61 Å². The first-order valence-corrected chi connectivity index (χ1v) is 6.59. The Morgan fingerprint density at radius 2 is 2.10 bits per heavy atom. The first kappa shape index (κ1) is 16.9. The van der Waals surface area contributed by atoms with Crippen LogP contribution in [-0.2, 0) is 11.3 Å². The SMILES string of the molecule is CC(C)CNCc1cc(F)ccc1OCC(=O)NC(N)=O. The fraction of sp³-hybridized carbons (Fsp3) is 0.429. The maximum absolute atomic E-state index is 13.3. The van der Waals surface area contributed by atoms with E-state index in [2.05, 4.69) is 19.2 Å². The van der Waals surface area contributed by atoms with Crippen LogP contribution in [0.15, 0.2) is 18.2 Å². The molecule has 3 amide bonds. The summed E-state index contributed by atoms with van der Waals surface area (Å²) in [7, 11) is 0. The summed E-state index contributed by atoms with van der Waals surface area (Å²) in [5.74, 6) is -0.199. The first-order chi connectivity index (χ1) is 9.88. The molecule has 1 rings (SSSR count). The highest BCUT2D eigenvalue weighted by Gasteiger charge is 2.09. The molecule has 7 heteroatoms. The number of imide groups is 1. The summed E-state index contributed by atoms with van der Waals surface area (Å²) in [4.78, 5) is 21.8. The van der Waals surface area contributed by atoms with Gasteiger partial charge in [-0.25, -0.2) is 9.18 Å². The molecule has 0 atom stereocenters. The molecular weight excluding hydrogens is 277 g/mol. The van der Waals surface area contributed by atoms with E-state index in [0.717, 1.165) is 6.54 Å². The Labute approximate surface area is 122 Å². The Morgan fingerprint density at radius 3 is 2.71 bits per heavy atom. The molecule has 0 saturated carbocycles. The third-order valence-electron chi connectivity index (χ3n) is 2.51. The molecule has 0 fully saturated rings. The number of rotatable bonds is 7. The van der Waals surface area contributed by atoms with Crippen molar-refractivity contribution in [2.45, 2.75) is 20.4 Å². The van der Waals surface area contributed by atoms with Crippen molar-refractivity contribution in [3.63, 3.8) is 0 Å². The number of carbonyl (C=O) groups excluding carboxylic acids is 2. The second-order valence-electron chi connectivity index (χ2n) is 4.98. The molecule has 1 aromatic carbocycles. The number of carbonyl (C=O) groups is 2. The number of amides is 3. The summed E-state index contributed by atoms with van der Waals surface area (Å²) in [6, 6.07) is 3.09. The Kier molecular flexibility index (Phi) is 6.61. The van der Waals surface area contributed by atoms with Crippen molar-refractivity contribution in [2.75, 3.05) is 13.2 Å². The van der Waals surface area contributed by atoms with Gasteiger partial charge in [-0.1, -0.05) is 13.8 Å². The Bertz CT molecular complexity index is 506. The van der Waals surface area contributed by atoms with E-state index in [1.165, 1.54) is 18.2 Å². The van der Waals surface area contributed by atoms with Gasteiger partial charge in [0.25, 0.3) is 5.91 Å². The van der Waals surface area contributed by atoms with Gasteiger partial charge >= 0.3 is 6.03 Å². The minimum atomic E-state index is -0.943. The van der Waals surface area contributed by atoms with E-state index < -0.39 is 11.9 Å². The van der Waals surface area contributed by atoms with Crippen molar-refractivity contribution >= 4 is 11.9 Å². The molecule has 0 heterocycles. The lowest BCUT2D eigenvalue weighted by molar-refractivity contribution is -0.121. The number of nitrogens with two attached hydrogens (primary N) is 1. The molecule has 0 unspecified atom stereocenters. The fourth-order valence-electron chi connectivity index (χ4n) is 1.64. The molecule has 116 valence electrons. The van der Waals surface area contributed by atoms with Gasteiger partial charge in [-0.2, -0.15) is 0 Å². The highest BCUT2D eigenvalue weighted by Crippen LogP contribution is 2.19. The van der Waals surface area contributed by atoms with E-state index >= 15 is 0 Å². The number of halogens is 1. The molecule has 0 aliphatic rings. The van der Waals surface area contributed by atoms with Crippen molar-refractivity contribution in [3.8, 4) is 5.75 Å². The van der Waals surface area contributed by atoms with Crippen molar-refractivity contribution in [3.05, 3.63) is 29.6 Å². The average Bonchev–Trinajstić information content (AvgIpc) is 2.36. The normalized spacial score (nSPS) is 10.5.